The molecule has 2 rings (SSSR count). The summed E-state index contributed by atoms with van der Waals surface area (Å²) in [4.78, 5) is 0. The molecule has 0 bridgehead atoms. The minimum absolute atomic E-state index is 0.381. The maximum Gasteiger partial charge on any atom is 0.162 e. The van der Waals surface area contributed by atoms with Gasteiger partial charge in [0.05, 0.1) is 18.8 Å². The number of rotatable bonds is 6. The summed E-state index contributed by atoms with van der Waals surface area (Å²) in [6, 6.07) is 13.0. The third kappa shape index (κ3) is 4.41. The van der Waals surface area contributed by atoms with Crippen molar-refractivity contribution in [3.63, 3.8) is 0 Å². The van der Waals surface area contributed by atoms with E-state index in [4.69, 9.17) is 21.1 Å². The maximum atomic E-state index is 9.46. The molecule has 0 radical (unpaired) electrons. The molecule has 5 heteroatoms. The molecule has 0 fully saturated rings. The molecule has 0 amide bonds. The summed E-state index contributed by atoms with van der Waals surface area (Å²) in [6.07, 6.45) is 3.45. The van der Waals surface area contributed by atoms with Crippen LogP contribution >= 0.6 is 27.5 Å². The molecule has 24 heavy (non-hydrogen) atoms. The lowest BCUT2D eigenvalue weighted by atomic mass is 10.0. The summed E-state index contributed by atoms with van der Waals surface area (Å²) in [5.74, 6) is 1.19. The van der Waals surface area contributed by atoms with Crippen molar-refractivity contribution in [2.24, 2.45) is 0 Å². The number of ether oxygens (including phenoxy) is 2. The topological polar surface area (TPSA) is 42.2 Å². The smallest absolute Gasteiger partial charge is 0.162 e. The normalized spacial score (nSPS) is 10.8. The SMILES string of the molecule is C=CCOc1cc(Br)c(/C=C(\C#N)c2ccc(Cl)cc2)cc1OC. The predicted octanol–water partition coefficient (Wildman–Crippen LogP) is 5.74. The van der Waals surface area contributed by atoms with E-state index in [0.29, 0.717) is 28.7 Å². The molecule has 0 heterocycles. The first-order chi connectivity index (χ1) is 11.6. The summed E-state index contributed by atoms with van der Waals surface area (Å²) >= 11 is 9.40. The van der Waals surface area contributed by atoms with Gasteiger partial charge in [-0.3, -0.25) is 0 Å². The number of benzene rings is 2. The summed E-state index contributed by atoms with van der Waals surface area (Å²) in [7, 11) is 1.57. The molecule has 0 aromatic heterocycles. The summed E-state index contributed by atoms with van der Waals surface area (Å²) in [5.41, 5.74) is 2.12. The molecule has 0 spiro atoms. The third-order valence-electron chi connectivity index (χ3n) is 3.22. The second-order valence-corrected chi connectivity index (χ2v) is 6.09. The number of halogens is 2. The fraction of sp³-hybridized carbons (Fsp3) is 0.105. The molecule has 0 atom stereocenters. The Balaban J connectivity index is 2.44. The lowest BCUT2D eigenvalue weighted by Crippen LogP contribution is -1.97. The Morgan fingerprint density at radius 1 is 1.29 bits per heavy atom. The number of nitrogens with zero attached hydrogens (tertiary/aromatic N) is 1. The van der Waals surface area contributed by atoms with Crippen LogP contribution < -0.4 is 9.47 Å². The van der Waals surface area contributed by atoms with Gasteiger partial charge in [-0.25, -0.2) is 0 Å². The average molecular weight is 405 g/mol. The first-order valence-corrected chi connectivity index (χ1v) is 8.25. The first kappa shape index (κ1) is 18.1. The van der Waals surface area contributed by atoms with E-state index in [1.165, 1.54) is 0 Å². The Morgan fingerprint density at radius 3 is 2.58 bits per heavy atom. The lowest BCUT2D eigenvalue weighted by Gasteiger charge is -2.12. The van der Waals surface area contributed by atoms with E-state index in [1.807, 2.05) is 24.3 Å². The van der Waals surface area contributed by atoms with Crippen LogP contribution in [0.2, 0.25) is 5.02 Å². The minimum Gasteiger partial charge on any atom is -0.493 e. The van der Waals surface area contributed by atoms with Crippen molar-refractivity contribution in [3.8, 4) is 17.6 Å². The highest BCUT2D eigenvalue weighted by Gasteiger charge is 2.10. The van der Waals surface area contributed by atoms with Crippen LogP contribution in [0.5, 0.6) is 11.5 Å². The van der Waals surface area contributed by atoms with E-state index in [9.17, 15) is 5.26 Å². The van der Waals surface area contributed by atoms with Crippen LogP contribution in [0, 0.1) is 11.3 Å². The molecule has 0 saturated carbocycles. The molecule has 2 aromatic rings. The number of nitriles is 1. The van der Waals surface area contributed by atoms with Gasteiger partial charge in [0.15, 0.2) is 11.5 Å². The van der Waals surface area contributed by atoms with Crippen LogP contribution in [0.1, 0.15) is 11.1 Å². The number of allylic oxidation sites excluding steroid dienone is 1. The lowest BCUT2D eigenvalue weighted by molar-refractivity contribution is 0.326. The molecule has 0 unspecified atom stereocenters. The van der Waals surface area contributed by atoms with E-state index in [-0.39, 0.29) is 0 Å². The largest absolute Gasteiger partial charge is 0.493 e. The summed E-state index contributed by atoms with van der Waals surface area (Å²) in [6.45, 7) is 4.01. The van der Waals surface area contributed by atoms with E-state index >= 15 is 0 Å². The Kier molecular flexibility index (Phi) is 6.48. The number of hydrogen-bond acceptors (Lipinski definition) is 3. The molecular weight excluding hydrogens is 390 g/mol. The van der Waals surface area contributed by atoms with Gasteiger partial charge in [-0.2, -0.15) is 5.26 Å². The zero-order chi connectivity index (χ0) is 17.5. The number of methoxy groups -OCH3 is 1. The molecule has 0 N–H and O–H groups in total. The second kappa shape index (κ2) is 8.58. The maximum absolute atomic E-state index is 9.46. The van der Waals surface area contributed by atoms with E-state index < -0.39 is 0 Å². The van der Waals surface area contributed by atoms with Crippen molar-refractivity contribution in [3.05, 3.63) is 69.7 Å². The fourth-order valence-corrected chi connectivity index (χ4v) is 2.61. The van der Waals surface area contributed by atoms with Crippen LogP contribution in [0.3, 0.4) is 0 Å². The highest BCUT2D eigenvalue weighted by atomic mass is 79.9. The van der Waals surface area contributed by atoms with Crippen molar-refractivity contribution in [1.29, 1.82) is 5.26 Å². The minimum atomic E-state index is 0.381. The van der Waals surface area contributed by atoms with Crippen molar-refractivity contribution in [2.75, 3.05) is 13.7 Å². The summed E-state index contributed by atoms with van der Waals surface area (Å²) < 4.78 is 11.7. The van der Waals surface area contributed by atoms with Gasteiger partial charge in [0.1, 0.15) is 6.61 Å². The Bertz CT molecular complexity index is 807. The van der Waals surface area contributed by atoms with Crippen LogP contribution in [-0.2, 0) is 0 Å². The van der Waals surface area contributed by atoms with Gasteiger partial charge in [0, 0.05) is 9.50 Å². The van der Waals surface area contributed by atoms with E-state index in [2.05, 4.69) is 28.6 Å². The van der Waals surface area contributed by atoms with Gasteiger partial charge in [0.2, 0.25) is 0 Å². The molecule has 2 aromatic carbocycles. The van der Waals surface area contributed by atoms with E-state index in [0.717, 1.165) is 15.6 Å². The molecule has 0 aliphatic carbocycles. The van der Waals surface area contributed by atoms with Crippen LogP contribution in [0.25, 0.3) is 11.6 Å². The Hall–Kier alpha value is -2.22. The van der Waals surface area contributed by atoms with Gasteiger partial charge >= 0.3 is 0 Å². The van der Waals surface area contributed by atoms with Gasteiger partial charge in [-0.1, -0.05) is 52.3 Å². The average Bonchev–Trinajstić information content (AvgIpc) is 2.60. The van der Waals surface area contributed by atoms with E-state index in [1.54, 1.807) is 31.4 Å². The number of hydrogen-bond donors (Lipinski definition) is 0. The monoisotopic (exact) mass is 403 g/mol. The van der Waals surface area contributed by atoms with Gasteiger partial charge in [0.25, 0.3) is 0 Å². The predicted molar refractivity (Wildman–Crippen MR) is 101 cm³/mol. The third-order valence-corrected chi connectivity index (χ3v) is 4.15. The highest BCUT2D eigenvalue weighted by Crippen LogP contribution is 2.35. The zero-order valence-corrected chi connectivity index (χ0v) is 15.4. The summed E-state index contributed by atoms with van der Waals surface area (Å²) in [5, 5.41) is 10.1. The zero-order valence-electron chi connectivity index (χ0n) is 13.1. The van der Waals surface area contributed by atoms with Crippen molar-refractivity contribution < 1.29 is 9.47 Å². The van der Waals surface area contributed by atoms with Crippen LogP contribution in [0.15, 0.2) is 53.5 Å². The standard InChI is InChI=1S/C19H15BrClNO2/c1-3-8-24-19-11-17(20)14(10-18(19)23-2)9-15(12-22)13-4-6-16(21)7-5-13/h3-7,9-11H,1,8H2,2H3/b15-9+. The first-order valence-electron chi connectivity index (χ1n) is 7.08. The van der Waals surface area contributed by atoms with Gasteiger partial charge in [-0.15, -0.1) is 0 Å². The molecule has 122 valence electrons. The second-order valence-electron chi connectivity index (χ2n) is 4.80. The van der Waals surface area contributed by atoms with Gasteiger partial charge in [-0.05, 0) is 41.5 Å². The van der Waals surface area contributed by atoms with Gasteiger partial charge < -0.3 is 9.47 Å². The van der Waals surface area contributed by atoms with Crippen LogP contribution in [0.4, 0.5) is 0 Å². The van der Waals surface area contributed by atoms with Crippen molar-refractivity contribution >= 4 is 39.2 Å². The quantitative estimate of drug-likeness (QED) is 0.350. The highest BCUT2D eigenvalue weighted by molar-refractivity contribution is 9.10. The molecule has 0 aliphatic rings. The molecule has 3 nitrogen and oxygen atoms in total. The van der Waals surface area contributed by atoms with Crippen molar-refractivity contribution in [1.82, 2.24) is 0 Å². The van der Waals surface area contributed by atoms with Crippen molar-refractivity contribution in [2.45, 2.75) is 0 Å². The molecule has 0 aliphatic heterocycles. The molecular formula is C19H15BrClNO2. The molecule has 0 saturated heterocycles. The fourth-order valence-electron chi connectivity index (χ4n) is 2.05. The Labute approximate surface area is 154 Å². The van der Waals surface area contributed by atoms with Crippen LogP contribution in [-0.4, -0.2) is 13.7 Å². The Morgan fingerprint density at radius 2 is 2.00 bits per heavy atom.